The Balaban J connectivity index is 1.35. The van der Waals surface area contributed by atoms with Crippen molar-refractivity contribution in [3.8, 4) is 23.0 Å². The van der Waals surface area contributed by atoms with E-state index in [1.807, 2.05) is 129 Å². The van der Waals surface area contributed by atoms with Gasteiger partial charge in [-0.15, -0.1) is 0 Å². The highest BCUT2D eigenvalue weighted by molar-refractivity contribution is 5.99. The van der Waals surface area contributed by atoms with Gasteiger partial charge in [0.25, 0.3) is 0 Å². The third-order valence-electron chi connectivity index (χ3n) is 12.1. The van der Waals surface area contributed by atoms with Gasteiger partial charge in [0.1, 0.15) is 23.0 Å². The summed E-state index contributed by atoms with van der Waals surface area (Å²) >= 11 is 0. The van der Waals surface area contributed by atoms with Gasteiger partial charge in [-0.1, -0.05) is 109 Å². The minimum atomic E-state index is -1.35. The first-order valence-electron chi connectivity index (χ1n) is 18.1. The van der Waals surface area contributed by atoms with Gasteiger partial charge in [0.05, 0.1) is 54.6 Å². The molecule has 4 aliphatic rings. The second-order valence-electron chi connectivity index (χ2n) is 14.1. The Morgan fingerprint density at radius 1 is 0.389 bits per heavy atom. The van der Waals surface area contributed by atoms with Crippen molar-refractivity contribution in [2.24, 2.45) is 0 Å². The number of nitrogens with zero attached hydrogens (tertiary/aromatic N) is 4. The molecule has 6 aromatic rings. The molecule has 2 saturated heterocycles. The fraction of sp³-hybridized carbons (Fsp3) is 0.227. The summed E-state index contributed by atoms with van der Waals surface area (Å²) in [4.78, 5) is 39.4. The normalized spacial score (nSPS) is 21.1. The Labute approximate surface area is 312 Å². The van der Waals surface area contributed by atoms with Crippen molar-refractivity contribution in [3.05, 3.63) is 143 Å². The van der Waals surface area contributed by atoms with Gasteiger partial charge in [-0.05, 0) is 0 Å². The first kappa shape index (κ1) is 32.2. The minimum absolute atomic E-state index is 0.154. The molecule has 2 fully saturated rings. The Morgan fingerprint density at radius 3 is 0.870 bits per heavy atom. The van der Waals surface area contributed by atoms with E-state index in [9.17, 15) is 0 Å². The number of methoxy groups -OCH3 is 4. The largest absolute Gasteiger partial charge is 0.496 e. The lowest BCUT2D eigenvalue weighted by Crippen LogP contribution is -2.62. The predicted molar refractivity (Wildman–Crippen MR) is 203 cm³/mol. The number of ether oxygens (including phenoxy) is 4. The van der Waals surface area contributed by atoms with Gasteiger partial charge in [-0.2, -0.15) is 0 Å². The first-order chi connectivity index (χ1) is 26.5. The van der Waals surface area contributed by atoms with Crippen LogP contribution in [-0.2, 0) is 37.5 Å². The Bertz CT molecular complexity index is 2240. The molecule has 4 aliphatic heterocycles. The van der Waals surface area contributed by atoms with Crippen LogP contribution in [0.2, 0.25) is 0 Å². The molecule has 0 aliphatic carbocycles. The molecular weight excluding hydrogens is 681 g/mol. The second-order valence-corrected chi connectivity index (χ2v) is 14.1. The molecule has 0 radical (unpaired) electrons. The molecule has 0 atom stereocenters. The van der Waals surface area contributed by atoms with E-state index in [2.05, 4.69) is 0 Å². The molecule has 4 heterocycles. The van der Waals surface area contributed by atoms with Crippen LogP contribution in [0.15, 0.2) is 109 Å². The second kappa shape index (κ2) is 11.5. The van der Waals surface area contributed by atoms with Crippen molar-refractivity contribution in [2.75, 3.05) is 28.4 Å². The molecule has 0 N–H and O–H groups in total. The summed E-state index contributed by atoms with van der Waals surface area (Å²) in [5, 5.41) is 3.49. The zero-order valence-corrected chi connectivity index (χ0v) is 30.5. The van der Waals surface area contributed by atoms with Gasteiger partial charge in [-0.3, -0.25) is 19.6 Å². The van der Waals surface area contributed by atoms with Crippen LogP contribution in [0.3, 0.4) is 0 Å². The third-order valence-corrected chi connectivity index (χ3v) is 12.1. The molecule has 270 valence electrons. The fourth-order valence-corrected chi connectivity index (χ4v) is 10.2. The molecule has 0 bridgehead atoms. The quantitative estimate of drug-likeness (QED) is 0.174. The number of hydrogen-bond acceptors (Lipinski definition) is 6. The standard InChI is InChI=1S/C44H38N4O6/c1-51-37-29-19-11-12-20-30(29)38(52-2)34-24-46-42(50)48-26-36-35(39(53-3)31-21-13-14-22-32(31)40(36)54-4)25-47-41(49)45(23-33(34)37)43(46,27-15-7-5-8-16-27)44(47,48)28-17-9-6-10-18-28/h5-22H,23-26H2,1-4H3. The van der Waals surface area contributed by atoms with E-state index in [-0.39, 0.29) is 38.2 Å². The molecule has 0 spiro atoms. The Hall–Kier alpha value is -6.42. The average Bonchev–Trinajstić information content (AvgIpc) is 3.37. The van der Waals surface area contributed by atoms with E-state index in [0.29, 0.717) is 23.0 Å². The predicted octanol–water partition coefficient (Wildman–Crippen LogP) is 7.94. The maximum atomic E-state index is 15.9. The minimum Gasteiger partial charge on any atom is -0.496 e. The van der Waals surface area contributed by atoms with Crippen LogP contribution >= 0.6 is 0 Å². The summed E-state index contributed by atoms with van der Waals surface area (Å²) in [6, 6.07) is 35.4. The van der Waals surface area contributed by atoms with Crippen molar-refractivity contribution in [2.45, 2.75) is 37.5 Å². The van der Waals surface area contributed by atoms with Gasteiger partial charge in [0.2, 0.25) is 0 Å². The number of fused-ring (bicyclic) bond motifs is 4. The van der Waals surface area contributed by atoms with Gasteiger partial charge >= 0.3 is 12.1 Å². The molecule has 10 rings (SSSR count). The van der Waals surface area contributed by atoms with Crippen molar-refractivity contribution in [1.29, 1.82) is 0 Å². The van der Waals surface area contributed by atoms with E-state index in [1.165, 1.54) is 0 Å². The molecule has 10 heteroatoms. The molecule has 10 nitrogen and oxygen atoms in total. The molecule has 0 unspecified atom stereocenters. The van der Waals surface area contributed by atoms with Crippen LogP contribution < -0.4 is 18.9 Å². The van der Waals surface area contributed by atoms with Crippen LogP contribution in [0.25, 0.3) is 21.5 Å². The zero-order chi connectivity index (χ0) is 36.9. The van der Waals surface area contributed by atoms with Crippen LogP contribution in [0.5, 0.6) is 23.0 Å². The lowest BCUT2D eigenvalue weighted by molar-refractivity contribution is -0.0795. The highest BCUT2D eigenvalue weighted by Gasteiger charge is 2.81. The van der Waals surface area contributed by atoms with E-state index >= 15 is 9.59 Å². The first-order valence-corrected chi connectivity index (χ1v) is 18.1. The summed E-state index contributed by atoms with van der Waals surface area (Å²) in [6.07, 6.45) is 0. The van der Waals surface area contributed by atoms with Crippen LogP contribution in [-0.4, -0.2) is 60.1 Å². The molecule has 4 amide bonds. The Kier molecular flexibility index (Phi) is 6.89. The van der Waals surface area contributed by atoms with Crippen LogP contribution in [0.4, 0.5) is 9.59 Å². The maximum Gasteiger partial charge on any atom is 0.325 e. The molecule has 0 aromatic heterocycles. The van der Waals surface area contributed by atoms with Crippen molar-refractivity contribution in [3.63, 3.8) is 0 Å². The topological polar surface area (TPSA) is 84.0 Å². The highest BCUT2D eigenvalue weighted by Crippen LogP contribution is 2.67. The van der Waals surface area contributed by atoms with Gasteiger partial charge < -0.3 is 18.9 Å². The monoisotopic (exact) mass is 718 g/mol. The zero-order valence-electron chi connectivity index (χ0n) is 30.5. The third kappa shape index (κ3) is 3.69. The smallest absolute Gasteiger partial charge is 0.325 e. The number of benzene rings is 6. The molecule has 6 aromatic carbocycles. The number of amides is 4. The molecule has 0 saturated carbocycles. The fourth-order valence-electron chi connectivity index (χ4n) is 10.2. The summed E-state index contributed by atoms with van der Waals surface area (Å²) in [7, 11) is 6.63. The van der Waals surface area contributed by atoms with E-state index < -0.39 is 11.3 Å². The molecule has 54 heavy (non-hydrogen) atoms. The summed E-state index contributed by atoms with van der Waals surface area (Å²) in [6.45, 7) is 0.616. The van der Waals surface area contributed by atoms with Crippen molar-refractivity contribution in [1.82, 2.24) is 19.6 Å². The summed E-state index contributed by atoms with van der Waals surface area (Å²) in [5.74, 6) is 2.62. The molecular formula is C44H38N4O6. The average molecular weight is 719 g/mol. The lowest BCUT2D eigenvalue weighted by Gasteiger charge is -2.49. The van der Waals surface area contributed by atoms with E-state index in [4.69, 9.17) is 18.9 Å². The number of rotatable bonds is 6. The number of carbonyl (C=O) groups is 2. The van der Waals surface area contributed by atoms with E-state index in [0.717, 1.165) is 54.9 Å². The maximum absolute atomic E-state index is 15.9. The van der Waals surface area contributed by atoms with E-state index in [1.54, 1.807) is 28.4 Å². The van der Waals surface area contributed by atoms with Gasteiger partial charge in [0.15, 0.2) is 11.3 Å². The summed E-state index contributed by atoms with van der Waals surface area (Å²) in [5.41, 5.74) is 2.12. The van der Waals surface area contributed by atoms with Gasteiger partial charge in [-0.25, -0.2) is 9.59 Å². The highest BCUT2D eigenvalue weighted by atomic mass is 16.5. The van der Waals surface area contributed by atoms with Crippen LogP contribution in [0.1, 0.15) is 33.4 Å². The van der Waals surface area contributed by atoms with Crippen LogP contribution in [0, 0.1) is 0 Å². The Morgan fingerprint density at radius 2 is 0.630 bits per heavy atom. The number of urea groups is 2. The number of carbonyl (C=O) groups excluding carboxylic acids is 2. The van der Waals surface area contributed by atoms with Crippen molar-refractivity contribution >= 4 is 33.6 Å². The lowest BCUT2D eigenvalue weighted by atomic mass is 9.79. The summed E-state index contributed by atoms with van der Waals surface area (Å²) < 4.78 is 24.9. The van der Waals surface area contributed by atoms with Gasteiger partial charge in [0, 0.05) is 54.9 Å². The SMILES string of the molecule is COc1c2c(c(OC)c3ccccc13)CN1C(=O)N3Cc4c(c(OC)c5ccccc5c4OC)CN4C(=O)N(C2)C1(c1ccccc1)C43c1ccccc1. The van der Waals surface area contributed by atoms with Crippen molar-refractivity contribution < 1.29 is 28.5 Å². The number of hydrogen-bond donors (Lipinski definition) is 0.